The molecule has 0 unspecified atom stereocenters. The summed E-state index contributed by atoms with van der Waals surface area (Å²) in [5, 5.41) is 4.22. The largest absolute Gasteiger partial charge is 0.422 e. The van der Waals surface area contributed by atoms with Crippen molar-refractivity contribution in [2.24, 2.45) is 0 Å². The number of amides is 1. The summed E-state index contributed by atoms with van der Waals surface area (Å²) in [5.74, 6) is -0.569. The van der Waals surface area contributed by atoms with E-state index in [1.54, 1.807) is 36.4 Å². The van der Waals surface area contributed by atoms with Crippen LogP contribution in [-0.4, -0.2) is 5.91 Å². The van der Waals surface area contributed by atoms with Crippen molar-refractivity contribution in [2.45, 2.75) is 6.92 Å². The van der Waals surface area contributed by atoms with Gasteiger partial charge in [0, 0.05) is 21.1 Å². The first-order valence-electron chi connectivity index (χ1n) is 6.75. The van der Waals surface area contributed by atoms with E-state index in [1.807, 2.05) is 6.92 Å². The van der Waals surface area contributed by atoms with Crippen LogP contribution in [0, 0.1) is 6.92 Å². The molecule has 1 amide bonds. The quantitative estimate of drug-likeness (QED) is 0.685. The number of carbonyl (C=O) groups is 1. The lowest BCUT2D eigenvalue weighted by molar-refractivity contribution is 0.102. The summed E-state index contributed by atoms with van der Waals surface area (Å²) >= 11 is 11.9. The van der Waals surface area contributed by atoms with Crippen LogP contribution in [0.2, 0.25) is 10.0 Å². The van der Waals surface area contributed by atoms with Crippen LogP contribution in [-0.2, 0) is 0 Å². The molecule has 0 atom stereocenters. The van der Waals surface area contributed by atoms with E-state index < -0.39 is 11.5 Å². The highest BCUT2D eigenvalue weighted by Crippen LogP contribution is 2.21. The Bertz CT molecular complexity index is 979. The summed E-state index contributed by atoms with van der Waals surface area (Å²) in [7, 11) is 0. The van der Waals surface area contributed by atoms with Crippen LogP contribution in [0.3, 0.4) is 0 Å². The number of rotatable bonds is 2. The van der Waals surface area contributed by atoms with E-state index in [-0.39, 0.29) is 5.56 Å². The van der Waals surface area contributed by atoms with Crippen molar-refractivity contribution in [1.29, 1.82) is 0 Å². The van der Waals surface area contributed by atoms with Gasteiger partial charge in [0.2, 0.25) is 0 Å². The fourth-order valence-electron chi connectivity index (χ4n) is 2.12. The van der Waals surface area contributed by atoms with Gasteiger partial charge in [-0.05, 0) is 48.9 Å². The number of aryl methyl sites for hydroxylation is 1. The first-order chi connectivity index (χ1) is 10.9. The predicted octanol–water partition coefficient (Wildman–Crippen LogP) is 4.66. The molecule has 4 nitrogen and oxygen atoms in total. The van der Waals surface area contributed by atoms with Crippen molar-refractivity contribution in [3.05, 3.63) is 74.1 Å². The van der Waals surface area contributed by atoms with Crippen molar-refractivity contribution in [3.63, 3.8) is 0 Å². The van der Waals surface area contributed by atoms with E-state index in [4.69, 9.17) is 27.6 Å². The predicted molar refractivity (Wildman–Crippen MR) is 91.6 cm³/mol. The molecular formula is C17H11Cl2NO3. The van der Waals surface area contributed by atoms with Crippen LogP contribution in [0.25, 0.3) is 11.0 Å². The maximum Gasteiger partial charge on any atom is 0.349 e. The fraction of sp³-hybridized carbons (Fsp3) is 0.0588. The molecule has 23 heavy (non-hydrogen) atoms. The Balaban J connectivity index is 1.98. The van der Waals surface area contributed by atoms with Crippen molar-refractivity contribution in [2.75, 3.05) is 5.32 Å². The fourth-order valence-corrected chi connectivity index (χ4v) is 2.48. The Labute approximate surface area is 141 Å². The molecule has 2 aromatic carbocycles. The molecule has 0 aliphatic rings. The topological polar surface area (TPSA) is 59.3 Å². The molecule has 116 valence electrons. The first-order valence-corrected chi connectivity index (χ1v) is 7.50. The van der Waals surface area contributed by atoms with Crippen LogP contribution in [0.1, 0.15) is 15.9 Å². The summed E-state index contributed by atoms with van der Waals surface area (Å²) in [6.07, 6.45) is 0. The summed E-state index contributed by atoms with van der Waals surface area (Å²) in [6.45, 7) is 1.86. The molecule has 0 fully saturated rings. The Morgan fingerprint density at radius 1 is 1.09 bits per heavy atom. The molecule has 0 saturated carbocycles. The minimum atomic E-state index is -0.712. The second-order valence-corrected chi connectivity index (χ2v) is 5.89. The number of nitrogens with one attached hydrogen (secondary N) is 1. The average Bonchev–Trinajstić information content (AvgIpc) is 2.50. The molecule has 3 rings (SSSR count). The van der Waals surface area contributed by atoms with Crippen molar-refractivity contribution in [3.8, 4) is 0 Å². The van der Waals surface area contributed by atoms with Crippen molar-refractivity contribution >= 4 is 45.8 Å². The average molecular weight is 348 g/mol. The molecule has 1 heterocycles. The number of anilines is 1. The molecule has 1 N–H and O–H groups in total. The van der Waals surface area contributed by atoms with Gasteiger partial charge in [0.05, 0.1) is 0 Å². The standard InChI is InChI=1S/C17H11Cl2NO3/c1-9-2-4-12(8-14(9)19)20-16(21)13-7-10-6-11(18)3-5-15(10)23-17(13)22/h2-8H,1H3,(H,20,21). The Morgan fingerprint density at radius 3 is 2.61 bits per heavy atom. The highest BCUT2D eigenvalue weighted by molar-refractivity contribution is 6.32. The number of halogens is 2. The zero-order valence-corrected chi connectivity index (χ0v) is 13.5. The number of hydrogen-bond donors (Lipinski definition) is 1. The third-order valence-corrected chi connectivity index (χ3v) is 4.01. The highest BCUT2D eigenvalue weighted by atomic mass is 35.5. The zero-order chi connectivity index (χ0) is 16.6. The minimum absolute atomic E-state index is 0.100. The van der Waals surface area contributed by atoms with Crippen molar-refractivity contribution < 1.29 is 9.21 Å². The molecule has 0 bridgehead atoms. The lowest BCUT2D eigenvalue weighted by Gasteiger charge is -2.07. The molecule has 0 radical (unpaired) electrons. The van der Waals surface area contributed by atoms with Gasteiger partial charge in [-0.2, -0.15) is 0 Å². The Kier molecular flexibility index (Phi) is 4.11. The second kappa shape index (κ2) is 6.07. The third kappa shape index (κ3) is 3.23. The van der Waals surface area contributed by atoms with Crippen LogP contribution in [0.5, 0.6) is 0 Å². The molecule has 0 aliphatic heterocycles. The second-order valence-electron chi connectivity index (χ2n) is 5.05. The monoisotopic (exact) mass is 347 g/mol. The van der Waals surface area contributed by atoms with Gasteiger partial charge in [0.1, 0.15) is 11.1 Å². The van der Waals surface area contributed by atoms with Crippen molar-refractivity contribution in [1.82, 2.24) is 0 Å². The van der Waals surface area contributed by atoms with E-state index in [1.165, 1.54) is 6.07 Å². The maximum absolute atomic E-state index is 12.3. The van der Waals surface area contributed by atoms with Gasteiger partial charge in [0.15, 0.2) is 0 Å². The lowest BCUT2D eigenvalue weighted by atomic mass is 10.1. The summed E-state index contributed by atoms with van der Waals surface area (Å²) in [5.41, 5.74) is 0.946. The van der Waals surface area contributed by atoms with Gasteiger partial charge >= 0.3 is 5.63 Å². The summed E-state index contributed by atoms with van der Waals surface area (Å²) in [6, 6.07) is 11.4. The summed E-state index contributed by atoms with van der Waals surface area (Å²) < 4.78 is 5.15. The van der Waals surface area contributed by atoms with Gasteiger partial charge in [-0.15, -0.1) is 0 Å². The molecule has 6 heteroatoms. The van der Waals surface area contributed by atoms with Gasteiger partial charge in [-0.25, -0.2) is 4.79 Å². The zero-order valence-electron chi connectivity index (χ0n) is 12.0. The Morgan fingerprint density at radius 2 is 1.87 bits per heavy atom. The van der Waals surface area contributed by atoms with Gasteiger partial charge < -0.3 is 9.73 Å². The SMILES string of the molecule is Cc1ccc(NC(=O)c2cc3cc(Cl)ccc3oc2=O)cc1Cl. The van der Waals surface area contributed by atoms with Gasteiger partial charge in [-0.1, -0.05) is 29.3 Å². The molecule has 1 aromatic heterocycles. The maximum atomic E-state index is 12.3. The van der Waals surface area contributed by atoms with Gasteiger partial charge in [-0.3, -0.25) is 4.79 Å². The Hall–Kier alpha value is -2.30. The van der Waals surface area contributed by atoms with Crippen LogP contribution in [0.4, 0.5) is 5.69 Å². The van der Waals surface area contributed by atoms with Gasteiger partial charge in [0.25, 0.3) is 5.91 Å². The molecular weight excluding hydrogens is 337 g/mol. The number of fused-ring (bicyclic) bond motifs is 1. The van der Waals surface area contributed by atoms with Crippen LogP contribution < -0.4 is 10.9 Å². The van der Waals surface area contributed by atoms with Crippen LogP contribution in [0.15, 0.2) is 51.7 Å². The van der Waals surface area contributed by atoms with Crippen LogP contribution >= 0.6 is 23.2 Å². The normalized spacial score (nSPS) is 10.7. The number of benzene rings is 2. The molecule has 0 spiro atoms. The molecule has 3 aromatic rings. The lowest BCUT2D eigenvalue weighted by Crippen LogP contribution is -2.20. The first kappa shape index (κ1) is 15.6. The smallest absolute Gasteiger partial charge is 0.349 e. The summed E-state index contributed by atoms with van der Waals surface area (Å²) in [4.78, 5) is 24.3. The van der Waals surface area contributed by atoms with E-state index in [9.17, 15) is 9.59 Å². The molecule has 0 aliphatic carbocycles. The van der Waals surface area contributed by atoms with E-state index >= 15 is 0 Å². The third-order valence-electron chi connectivity index (χ3n) is 3.37. The number of hydrogen-bond acceptors (Lipinski definition) is 3. The van der Waals surface area contributed by atoms with E-state index in [0.717, 1.165) is 5.56 Å². The number of carbonyl (C=O) groups excluding carboxylic acids is 1. The van der Waals surface area contributed by atoms with E-state index in [0.29, 0.717) is 26.7 Å². The van der Waals surface area contributed by atoms with E-state index in [2.05, 4.69) is 5.32 Å². The minimum Gasteiger partial charge on any atom is -0.422 e. The molecule has 0 saturated heterocycles. The highest BCUT2D eigenvalue weighted by Gasteiger charge is 2.14.